The van der Waals surface area contributed by atoms with Crippen LogP contribution in [0.25, 0.3) is 16.6 Å². The molecule has 0 unspecified atom stereocenters. The second-order valence-corrected chi connectivity index (χ2v) is 5.78. The van der Waals surface area contributed by atoms with Gasteiger partial charge < -0.3 is 14.7 Å². The van der Waals surface area contributed by atoms with E-state index in [0.717, 1.165) is 16.7 Å². The lowest BCUT2D eigenvalue weighted by atomic mass is 10.1. The van der Waals surface area contributed by atoms with Crippen LogP contribution in [0.15, 0.2) is 65.7 Å². The molecular formula is C19H16N4O2. The van der Waals surface area contributed by atoms with E-state index in [-0.39, 0.29) is 11.5 Å². The van der Waals surface area contributed by atoms with Crippen LogP contribution in [0.1, 0.15) is 16.1 Å². The van der Waals surface area contributed by atoms with Gasteiger partial charge in [-0.05, 0) is 18.2 Å². The molecule has 0 aliphatic carbocycles. The van der Waals surface area contributed by atoms with Gasteiger partial charge in [0.2, 0.25) is 5.56 Å². The molecule has 1 aromatic carbocycles. The molecule has 0 saturated heterocycles. The highest BCUT2D eigenvalue weighted by Gasteiger charge is 2.11. The van der Waals surface area contributed by atoms with E-state index in [4.69, 9.17) is 0 Å². The zero-order valence-electron chi connectivity index (χ0n) is 13.4. The number of benzene rings is 1. The summed E-state index contributed by atoms with van der Waals surface area (Å²) in [5, 5.41) is 3.62. The predicted octanol–water partition coefficient (Wildman–Crippen LogP) is 2.15. The highest BCUT2D eigenvalue weighted by molar-refractivity contribution is 6.05. The lowest BCUT2D eigenvalue weighted by Gasteiger charge is -2.08. The summed E-state index contributed by atoms with van der Waals surface area (Å²) in [4.78, 5) is 31.4. The van der Waals surface area contributed by atoms with Gasteiger partial charge in [0.05, 0.1) is 5.56 Å². The lowest BCUT2D eigenvalue weighted by Crippen LogP contribution is -2.27. The number of amides is 1. The van der Waals surface area contributed by atoms with Gasteiger partial charge in [-0.3, -0.25) is 9.59 Å². The van der Waals surface area contributed by atoms with Gasteiger partial charge in [-0.15, -0.1) is 0 Å². The third-order valence-electron chi connectivity index (χ3n) is 4.16. The molecule has 4 rings (SSSR count). The van der Waals surface area contributed by atoms with Crippen molar-refractivity contribution in [3.05, 3.63) is 82.5 Å². The van der Waals surface area contributed by atoms with Crippen molar-refractivity contribution in [2.24, 2.45) is 0 Å². The number of carbonyl (C=O) groups is 1. The number of nitrogens with one attached hydrogen (secondary N) is 2. The highest BCUT2D eigenvalue weighted by atomic mass is 16.2. The maximum atomic E-state index is 12.5. The van der Waals surface area contributed by atoms with E-state index in [1.165, 1.54) is 6.07 Å². The summed E-state index contributed by atoms with van der Waals surface area (Å²) in [6, 6.07) is 14.4. The summed E-state index contributed by atoms with van der Waals surface area (Å²) < 4.78 is 1.99. The normalized spacial score (nSPS) is 11.0. The molecule has 2 N–H and O–H groups in total. The minimum Gasteiger partial charge on any atom is -0.352 e. The van der Waals surface area contributed by atoms with E-state index in [0.29, 0.717) is 24.0 Å². The molecule has 0 aliphatic rings. The van der Waals surface area contributed by atoms with Crippen LogP contribution in [0.2, 0.25) is 0 Å². The first-order valence-electron chi connectivity index (χ1n) is 8.03. The Morgan fingerprint density at radius 3 is 2.92 bits per heavy atom. The lowest BCUT2D eigenvalue weighted by molar-refractivity contribution is 0.0955. The molecule has 6 heteroatoms. The molecule has 124 valence electrons. The molecule has 25 heavy (non-hydrogen) atoms. The van der Waals surface area contributed by atoms with Crippen LogP contribution >= 0.6 is 0 Å². The van der Waals surface area contributed by atoms with E-state index in [1.807, 2.05) is 53.2 Å². The monoisotopic (exact) mass is 332 g/mol. The highest BCUT2D eigenvalue weighted by Crippen LogP contribution is 2.14. The molecular weight excluding hydrogens is 316 g/mol. The summed E-state index contributed by atoms with van der Waals surface area (Å²) in [6.07, 6.45) is 4.41. The number of nitrogens with zero attached hydrogens (tertiary/aromatic N) is 2. The number of aromatic nitrogens is 3. The molecule has 0 radical (unpaired) electrons. The van der Waals surface area contributed by atoms with Crippen LogP contribution in [0.5, 0.6) is 0 Å². The number of pyridine rings is 2. The number of imidazole rings is 1. The minimum atomic E-state index is -0.286. The van der Waals surface area contributed by atoms with Crippen LogP contribution in [-0.2, 0) is 6.42 Å². The van der Waals surface area contributed by atoms with Crippen molar-refractivity contribution >= 4 is 22.5 Å². The Morgan fingerprint density at radius 1 is 1.16 bits per heavy atom. The maximum Gasteiger partial charge on any atom is 0.252 e. The van der Waals surface area contributed by atoms with Crippen molar-refractivity contribution in [3.63, 3.8) is 0 Å². The Labute approximate surface area is 143 Å². The smallest absolute Gasteiger partial charge is 0.252 e. The largest absolute Gasteiger partial charge is 0.352 e. The van der Waals surface area contributed by atoms with Gasteiger partial charge in [0, 0.05) is 48.0 Å². The zero-order valence-corrected chi connectivity index (χ0v) is 13.4. The Morgan fingerprint density at radius 2 is 2.00 bits per heavy atom. The molecule has 1 amide bonds. The molecule has 0 saturated carbocycles. The van der Waals surface area contributed by atoms with Gasteiger partial charge in [-0.2, -0.15) is 0 Å². The van der Waals surface area contributed by atoms with Crippen LogP contribution in [0, 0.1) is 0 Å². The predicted molar refractivity (Wildman–Crippen MR) is 95.8 cm³/mol. The average molecular weight is 332 g/mol. The quantitative estimate of drug-likeness (QED) is 0.601. The number of fused-ring (bicyclic) bond motifs is 2. The summed E-state index contributed by atoms with van der Waals surface area (Å²) in [5.74, 6) is -0.254. The molecule has 0 spiro atoms. The first-order chi connectivity index (χ1) is 12.2. The molecule has 3 heterocycles. The van der Waals surface area contributed by atoms with Crippen molar-refractivity contribution < 1.29 is 4.79 Å². The summed E-state index contributed by atoms with van der Waals surface area (Å²) in [7, 11) is 0. The minimum absolute atomic E-state index is 0.254. The number of para-hydroxylation sites is 1. The molecule has 0 atom stereocenters. The molecule has 0 fully saturated rings. The number of hydrogen-bond acceptors (Lipinski definition) is 3. The van der Waals surface area contributed by atoms with Crippen molar-refractivity contribution in [3.8, 4) is 0 Å². The summed E-state index contributed by atoms with van der Waals surface area (Å²) in [5.41, 5.74) is 2.65. The third kappa shape index (κ3) is 2.89. The van der Waals surface area contributed by atoms with Gasteiger partial charge in [0.1, 0.15) is 5.65 Å². The van der Waals surface area contributed by atoms with Gasteiger partial charge in [0.25, 0.3) is 5.91 Å². The van der Waals surface area contributed by atoms with Crippen molar-refractivity contribution in [1.29, 1.82) is 0 Å². The standard InChI is InChI=1S/C19H16N4O2/c24-18-11-15(14-5-1-2-6-16(14)22-18)19(25)20-9-8-13-12-21-17-7-3-4-10-23(13)17/h1-7,10-12H,8-9H2,(H,20,25)(H,22,24). The Kier molecular flexibility index (Phi) is 3.78. The van der Waals surface area contributed by atoms with Crippen molar-refractivity contribution in [2.45, 2.75) is 6.42 Å². The molecule has 6 nitrogen and oxygen atoms in total. The summed E-state index contributed by atoms with van der Waals surface area (Å²) in [6.45, 7) is 0.461. The molecule has 4 aromatic rings. The Balaban J connectivity index is 1.52. The first-order valence-corrected chi connectivity index (χ1v) is 8.03. The van der Waals surface area contributed by atoms with Gasteiger partial charge in [-0.1, -0.05) is 24.3 Å². The number of carbonyl (C=O) groups excluding carboxylic acids is 1. The van der Waals surface area contributed by atoms with E-state index in [1.54, 1.807) is 6.07 Å². The van der Waals surface area contributed by atoms with Crippen LogP contribution in [0.3, 0.4) is 0 Å². The Hall–Kier alpha value is -3.41. The zero-order chi connectivity index (χ0) is 17.2. The van der Waals surface area contributed by atoms with Crippen molar-refractivity contribution in [2.75, 3.05) is 6.54 Å². The maximum absolute atomic E-state index is 12.5. The summed E-state index contributed by atoms with van der Waals surface area (Å²) >= 11 is 0. The van der Waals surface area contributed by atoms with E-state index in [2.05, 4.69) is 15.3 Å². The topological polar surface area (TPSA) is 79.3 Å². The second-order valence-electron chi connectivity index (χ2n) is 5.78. The van der Waals surface area contributed by atoms with Gasteiger partial charge >= 0.3 is 0 Å². The average Bonchev–Trinajstić information content (AvgIpc) is 3.04. The van der Waals surface area contributed by atoms with Crippen LogP contribution in [-0.4, -0.2) is 26.8 Å². The fraction of sp³-hybridized carbons (Fsp3) is 0.105. The van der Waals surface area contributed by atoms with E-state index >= 15 is 0 Å². The van der Waals surface area contributed by atoms with E-state index in [9.17, 15) is 9.59 Å². The second kappa shape index (κ2) is 6.24. The number of rotatable bonds is 4. The fourth-order valence-electron chi connectivity index (χ4n) is 2.96. The van der Waals surface area contributed by atoms with Gasteiger partial charge in [-0.25, -0.2) is 4.98 Å². The molecule has 3 aromatic heterocycles. The third-order valence-corrected chi connectivity index (χ3v) is 4.16. The fourth-order valence-corrected chi connectivity index (χ4v) is 2.96. The number of aromatic amines is 1. The van der Waals surface area contributed by atoms with Crippen molar-refractivity contribution in [1.82, 2.24) is 19.7 Å². The number of hydrogen-bond donors (Lipinski definition) is 2. The van der Waals surface area contributed by atoms with Gasteiger partial charge in [0.15, 0.2) is 0 Å². The molecule has 0 aliphatic heterocycles. The SMILES string of the molecule is O=C(NCCc1cnc2ccccn12)c1cc(=O)[nH]c2ccccc12. The molecule has 0 bridgehead atoms. The van der Waals surface area contributed by atoms with Crippen LogP contribution in [0.4, 0.5) is 0 Å². The first kappa shape index (κ1) is 15.1. The number of H-pyrrole nitrogens is 1. The Bertz CT molecular complexity index is 1130. The van der Waals surface area contributed by atoms with E-state index < -0.39 is 0 Å². The van der Waals surface area contributed by atoms with Crippen LogP contribution < -0.4 is 10.9 Å².